The molecule has 2 aromatic rings. The first-order valence-electron chi connectivity index (χ1n) is 6.77. The quantitative estimate of drug-likeness (QED) is 0.918. The molecule has 0 fully saturated rings. The summed E-state index contributed by atoms with van der Waals surface area (Å²) in [6.45, 7) is 0.0489. The Bertz CT molecular complexity index is 683. The Balaban J connectivity index is 2.23. The van der Waals surface area contributed by atoms with Gasteiger partial charge in [-0.2, -0.15) is 18.3 Å². The first-order valence-corrected chi connectivity index (χ1v) is 6.77. The molecule has 1 N–H and O–H groups in total. The van der Waals surface area contributed by atoms with E-state index >= 15 is 0 Å². The molecule has 0 unspecified atom stereocenters. The summed E-state index contributed by atoms with van der Waals surface area (Å²) >= 11 is 0. The molecule has 1 amide bonds. The Labute approximate surface area is 131 Å². The van der Waals surface area contributed by atoms with Gasteiger partial charge in [-0.15, -0.1) is 0 Å². The van der Waals surface area contributed by atoms with Crippen molar-refractivity contribution in [2.24, 2.45) is 7.05 Å². The third-order valence-corrected chi connectivity index (χ3v) is 3.22. The highest BCUT2D eigenvalue weighted by molar-refractivity contribution is 5.93. The Hall–Kier alpha value is -2.35. The molecular weight excluding hydrogens is 311 g/mol. The van der Waals surface area contributed by atoms with Crippen molar-refractivity contribution in [1.29, 1.82) is 0 Å². The van der Waals surface area contributed by atoms with Gasteiger partial charge in [-0.3, -0.25) is 9.48 Å². The van der Waals surface area contributed by atoms with Gasteiger partial charge in [0.25, 0.3) is 5.91 Å². The van der Waals surface area contributed by atoms with Crippen LogP contribution < -0.4 is 5.32 Å². The van der Waals surface area contributed by atoms with Crippen LogP contribution >= 0.6 is 0 Å². The lowest BCUT2D eigenvalue weighted by atomic mass is 10.0. The molecule has 1 aromatic heterocycles. The van der Waals surface area contributed by atoms with Crippen LogP contribution in [0.2, 0.25) is 0 Å². The number of hydrogen-bond acceptors (Lipinski definition) is 3. The van der Waals surface area contributed by atoms with Crippen LogP contribution in [0.15, 0.2) is 36.7 Å². The normalized spacial score (nSPS) is 12.9. The summed E-state index contributed by atoms with van der Waals surface area (Å²) in [6, 6.07) is 4.11. The molecule has 124 valence electrons. The number of aromatic nitrogens is 2. The molecule has 0 saturated carbocycles. The number of ether oxygens (including phenoxy) is 1. The Morgan fingerprint density at radius 3 is 2.74 bits per heavy atom. The molecule has 0 bridgehead atoms. The van der Waals surface area contributed by atoms with Gasteiger partial charge in [0.05, 0.1) is 30.0 Å². The summed E-state index contributed by atoms with van der Waals surface area (Å²) < 4.78 is 44.9. The monoisotopic (exact) mass is 327 g/mol. The lowest BCUT2D eigenvalue weighted by molar-refractivity contribution is -0.137. The number of nitrogens with zero attached hydrogens (tertiary/aromatic N) is 2. The van der Waals surface area contributed by atoms with E-state index in [1.165, 1.54) is 36.3 Å². The van der Waals surface area contributed by atoms with Crippen molar-refractivity contribution in [3.63, 3.8) is 0 Å². The van der Waals surface area contributed by atoms with Gasteiger partial charge < -0.3 is 10.1 Å². The van der Waals surface area contributed by atoms with E-state index in [-0.39, 0.29) is 6.61 Å². The molecule has 0 aliphatic rings. The van der Waals surface area contributed by atoms with E-state index in [1.807, 2.05) is 0 Å². The van der Waals surface area contributed by atoms with Gasteiger partial charge in [-0.1, -0.05) is 12.1 Å². The predicted molar refractivity (Wildman–Crippen MR) is 76.7 cm³/mol. The number of carbonyl (C=O) groups excluding carboxylic acids is 1. The van der Waals surface area contributed by atoms with Gasteiger partial charge >= 0.3 is 6.18 Å². The maximum Gasteiger partial charge on any atom is 0.416 e. The molecule has 5 nitrogen and oxygen atoms in total. The molecule has 0 saturated heterocycles. The van der Waals surface area contributed by atoms with E-state index in [0.717, 1.165) is 12.1 Å². The fourth-order valence-corrected chi connectivity index (χ4v) is 2.10. The van der Waals surface area contributed by atoms with Crippen molar-refractivity contribution in [3.8, 4) is 0 Å². The number of nitrogens with one attached hydrogen (secondary N) is 1. The van der Waals surface area contributed by atoms with Crippen LogP contribution in [0.4, 0.5) is 13.2 Å². The number of halogens is 3. The number of aryl methyl sites for hydroxylation is 1. The Kier molecular flexibility index (Phi) is 5.05. The molecule has 1 atom stereocenters. The number of rotatable bonds is 5. The molecule has 0 spiro atoms. The molecule has 23 heavy (non-hydrogen) atoms. The standard InChI is InChI=1S/C15H16F3N3O2/c1-21-8-11(7-19-21)14(22)20-13(9-23-2)10-4-3-5-12(6-10)15(16,17)18/h3-8,13H,9H2,1-2H3,(H,20,22)/t13-/m0/s1. The van der Waals surface area contributed by atoms with E-state index in [0.29, 0.717) is 11.1 Å². The minimum absolute atomic E-state index is 0.0489. The minimum atomic E-state index is -4.44. The lowest BCUT2D eigenvalue weighted by Crippen LogP contribution is -2.31. The van der Waals surface area contributed by atoms with Crippen molar-refractivity contribution in [2.45, 2.75) is 12.2 Å². The molecule has 0 aliphatic carbocycles. The SMILES string of the molecule is COC[C@H](NC(=O)c1cnn(C)c1)c1cccc(C(F)(F)F)c1. The second kappa shape index (κ2) is 6.82. The maximum atomic E-state index is 12.8. The number of carbonyl (C=O) groups is 1. The van der Waals surface area contributed by atoms with E-state index in [1.54, 1.807) is 7.05 Å². The van der Waals surface area contributed by atoms with Crippen molar-refractivity contribution in [3.05, 3.63) is 53.3 Å². The van der Waals surface area contributed by atoms with Crippen LogP contribution in [0.5, 0.6) is 0 Å². The third-order valence-electron chi connectivity index (χ3n) is 3.22. The summed E-state index contributed by atoms with van der Waals surface area (Å²) in [4.78, 5) is 12.2. The van der Waals surface area contributed by atoms with Crippen molar-refractivity contribution in [1.82, 2.24) is 15.1 Å². The lowest BCUT2D eigenvalue weighted by Gasteiger charge is -2.19. The number of hydrogen-bond donors (Lipinski definition) is 1. The van der Waals surface area contributed by atoms with Crippen molar-refractivity contribution >= 4 is 5.91 Å². The molecule has 1 heterocycles. The number of amides is 1. The fraction of sp³-hybridized carbons (Fsp3) is 0.333. The van der Waals surface area contributed by atoms with Crippen LogP contribution in [-0.4, -0.2) is 29.4 Å². The Morgan fingerprint density at radius 2 is 2.17 bits per heavy atom. The summed E-state index contributed by atoms with van der Waals surface area (Å²) in [5, 5.41) is 6.54. The first kappa shape index (κ1) is 17.0. The zero-order chi connectivity index (χ0) is 17.0. The fourth-order valence-electron chi connectivity index (χ4n) is 2.10. The molecule has 0 aliphatic heterocycles. The summed E-state index contributed by atoms with van der Waals surface area (Å²) in [5.74, 6) is -0.433. The van der Waals surface area contributed by atoms with E-state index < -0.39 is 23.7 Å². The van der Waals surface area contributed by atoms with E-state index in [2.05, 4.69) is 10.4 Å². The molecular formula is C15H16F3N3O2. The van der Waals surface area contributed by atoms with E-state index in [4.69, 9.17) is 4.74 Å². The first-order chi connectivity index (χ1) is 10.8. The van der Waals surface area contributed by atoms with E-state index in [9.17, 15) is 18.0 Å². The topological polar surface area (TPSA) is 56.1 Å². The van der Waals surface area contributed by atoms with Crippen molar-refractivity contribution in [2.75, 3.05) is 13.7 Å². The number of methoxy groups -OCH3 is 1. The highest BCUT2D eigenvalue weighted by Crippen LogP contribution is 2.30. The highest BCUT2D eigenvalue weighted by atomic mass is 19.4. The van der Waals surface area contributed by atoms with Gasteiger partial charge in [0.1, 0.15) is 0 Å². The average molecular weight is 327 g/mol. The molecule has 2 rings (SSSR count). The van der Waals surface area contributed by atoms with Crippen LogP contribution in [0.1, 0.15) is 27.5 Å². The average Bonchev–Trinajstić information content (AvgIpc) is 2.93. The zero-order valence-corrected chi connectivity index (χ0v) is 12.6. The van der Waals surface area contributed by atoms with Crippen molar-refractivity contribution < 1.29 is 22.7 Å². The summed E-state index contributed by atoms with van der Waals surface area (Å²) in [6.07, 6.45) is -1.54. The number of alkyl halides is 3. The minimum Gasteiger partial charge on any atom is -0.382 e. The van der Waals surface area contributed by atoms with Gasteiger partial charge in [-0.25, -0.2) is 0 Å². The van der Waals surface area contributed by atoms with Gasteiger partial charge in [0, 0.05) is 20.4 Å². The second-order valence-electron chi connectivity index (χ2n) is 5.01. The molecule has 8 heteroatoms. The smallest absolute Gasteiger partial charge is 0.382 e. The van der Waals surface area contributed by atoms with Crippen LogP contribution in [0.3, 0.4) is 0 Å². The van der Waals surface area contributed by atoms with Crippen LogP contribution in [-0.2, 0) is 18.0 Å². The second-order valence-corrected chi connectivity index (χ2v) is 5.01. The predicted octanol–water partition coefficient (Wildman–Crippen LogP) is 2.56. The summed E-state index contributed by atoms with van der Waals surface area (Å²) in [5.41, 5.74) is -0.133. The summed E-state index contributed by atoms with van der Waals surface area (Å²) in [7, 11) is 3.08. The largest absolute Gasteiger partial charge is 0.416 e. The zero-order valence-electron chi connectivity index (χ0n) is 12.6. The van der Waals surface area contributed by atoms with Gasteiger partial charge in [-0.05, 0) is 17.7 Å². The van der Waals surface area contributed by atoms with Crippen LogP contribution in [0.25, 0.3) is 0 Å². The number of benzene rings is 1. The molecule has 1 aromatic carbocycles. The van der Waals surface area contributed by atoms with Gasteiger partial charge in [0.2, 0.25) is 0 Å². The maximum absolute atomic E-state index is 12.8. The third kappa shape index (κ3) is 4.32. The van der Waals surface area contributed by atoms with Gasteiger partial charge in [0.15, 0.2) is 0 Å². The Morgan fingerprint density at radius 1 is 1.43 bits per heavy atom. The molecule has 0 radical (unpaired) electrons. The highest BCUT2D eigenvalue weighted by Gasteiger charge is 2.31. The van der Waals surface area contributed by atoms with Crippen LogP contribution in [0, 0.1) is 0 Å².